The molecule has 19 heavy (non-hydrogen) atoms. The number of thioether (sulfide) groups is 1. The minimum absolute atomic E-state index is 0.611. The first-order chi connectivity index (χ1) is 9.20. The average Bonchev–Trinajstić information content (AvgIpc) is 2.37. The van der Waals surface area contributed by atoms with Crippen molar-refractivity contribution in [1.82, 2.24) is 0 Å². The van der Waals surface area contributed by atoms with Crippen LogP contribution < -0.4 is 5.32 Å². The largest absolute Gasteiger partial charge is 0.343 e. The van der Waals surface area contributed by atoms with Gasteiger partial charge < -0.3 is 5.32 Å². The number of halogens is 2. The number of fused-ring (bicyclic) bond motifs is 1. The molecule has 0 amide bonds. The summed E-state index contributed by atoms with van der Waals surface area (Å²) in [6, 6.07) is 13.5. The maximum Gasteiger partial charge on any atom is 0.117 e. The summed E-state index contributed by atoms with van der Waals surface area (Å²) in [4.78, 5) is 5.80. The van der Waals surface area contributed by atoms with Crippen molar-refractivity contribution < 1.29 is 0 Å². The summed E-state index contributed by atoms with van der Waals surface area (Å²) in [5.74, 6) is 1.71. The molecule has 1 heterocycles. The number of rotatable bonds is 1. The van der Waals surface area contributed by atoms with Gasteiger partial charge in [-0.3, -0.25) is 0 Å². The van der Waals surface area contributed by atoms with Gasteiger partial charge >= 0.3 is 0 Å². The molecule has 1 aliphatic rings. The molecule has 1 N–H and O–H groups in total. The zero-order valence-corrected chi connectivity index (χ0v) is 12.2. The van der Waals surface area contributed by atoms with E-state index in [2.05, 4.69) is 16.4 Å². The average molecular weight is 309 g/mol. The minimum atomic E-state index is 0.611. The standard InChI is InChI=1S/C14H10Cl2N2S/c15-9-5-10(16)7-11(6-9)17-14-8-19-13-4-2-1-3-12(13)18-14/h1-7H,8H2,(H,17,18). The monoisotopic (exact) mass is 308 g/mol. The van der Waals surface area contributed by atoms with Crippen LogP contribution in [0.1, 0.15) is 0 Å². The molecule has 2 nitrogen and oxygen atoms in total. The van der Waals surface area contributed by atoms with Crippen LogP contribution in [0.2, 0.25) is 10.0 Å². The van der Waals surface area contributed by atoms with Gasteiger partial charge in [-0.2, -0.15) is 0 Å². The van der Waals surface area contributed by atoms with Crippen LogP contribution in [0.25, 0.3) is 0 Å². The number of benzene rings is 2. The van der Waals surface area contributed by atoms with E-state index in [0.29, 0.717) is 10.0 Å². The van der Waals surface area contributed by atoms with Crippen LogP contribution in [-0.4, -0.2) is 11.6 Å². The lowest BCUT2D eigenvalue weighted by Crippen LogP contribution is -2.16. The Morgan fingerprint density at radius 3 is 2.58 bits per heavy atom. The van der Waals surface area contributed by atoms with E-state index in [-0.39, 0.29) is 0 Å². The van der Waals surface area contributed by atoms with E-state index in [1.54, 1.807) is 17.8 Å². The first kappa shape index (κ1) is 12.9. The Hall–Kier alpha value is -1.16. The molecule has 0 unspecified atom stereocenters. The third-order valence-electron chi connectivity index (χ3n) is 2.64. The van der Waals surface area contributed by atoms with Crippen LogP contribution in [0.4, 0.5) is 11.4 Å². The number of aliphatic imine (C=N–C) groups is 1. The van der Waals surface area contributed by atoms with Gasteiger partial charge in [0.25, 0.3) is 0 Å². The van der Waals surface area contributed by atoms with E-state index >= 15 is 0 Å². The molecule has 0 saturated carbocycles. The summed E-state index contributed by atoms with van der Waals surface area (Å²) >= 11 is 13.7. The van der Waals surface area contributed by atoms with Crippen LogP contribution in [0, 0.1) is 0 Å². The lowest BCUT2D eigenvalue weighted by molar-refractivity contribution is 1.34. The molecule has 0 bridgehead atoms. The molecule has 1 aliphatic heterocycles. The van der Waals surface area contributed by atoms with Gasteiger partial charge in [0.1, 0.15) is 5.84 Å². The number of nitrogens with one attached hydrogen (secondary N) is 1. The van der Waals surface area contributed by atoms with Gasteiger partial charge in [-0.15, -0.1) is 11.8 Å². The second kappa shape index (κ2) is 5.45. The Bertz CT molecular complexity index is 635. The highest BCUT2D eigenvalue weighted by Gasteiger charge is 2.12. The third kappa shape index (κ3) is 3.06. The maximum absolute atomic E-state index is 5.98. The number of anilines is 1. The minimum Gasteiger partial charge on any atom is -0.343 e. The lowest BCUT2D eigenvalue weighted by Gasteiger charge is -2.16. The summed E-state index contributed by atoms with van der Waals surface area (Å²) in [5, 5.41) is 4.48. The zero-order chi connectivity index (χ0) is 13.2. The topological polar surface area (TPSA) is 24.4 Å². The Kier molecular flexibility index (Phi) is 3.69. The molecule has 0 fully saturated rings. The van der Waals surface area contributed by atoms with E-state index in [9.17, 15) is 0 Å². The van der Waals surface area contributed by atoms with E-state index < -0.39 is 0 Å². The Morgan fingerprint density at radius 1 is 1.05 bits per heavy atom. The van der Waals surface area contributed by atoms with Gasteiger partial charge in [0.2, 0.25) is 0 Å². The molecular weight excluding hydrogens is 299 g/mol. The van der Waals surface area contributed by atoms with Crippen molar-refractivity contribution in [2.24, 2.45) is 4.99 Å². The van der Waals surface area contributed by atoms with Gasteiger partial charge in [-0.05, 0) is 30.3 Å². The van der Waals surface area contributed by atoms with E-state index in [1.165, 1.54) is 4.90 Å². The fourth-order valence-electron chi connectivity index (χ4n) is 1.85. The van der Waals surface area contributed by atoms with Crippen molar-refractivity contribution in [2.75, 3.05) is 11.1 Å². The third-order valence-corrected chi connectivity index (χ3v) is 4.15. The second-order valence-electron chi connectivity index (χ2n) is 4.10. The molecule has 0 spiro atoms. The Balaban J connectivity index is 1.87. The normalized spacial score (nSPS) is 13.7. The maximum atomic E-state index is 5.98. The van der Waals surface area contributed by atoms with Gasteiger partial charge in [-0.25, -0.2) is 4.99 Å². The van der Waals surface area contributed by atoms with Gasteiger partial charge in [0.15, 0.2) is 0 Å². The molecule has 5 heteroatoms. The van der Waals surface area contributed by atoms with E-state index in [4.69, 9.17) is 23.2 Å². The van der Waals surface area contributed by atoms with Gasteiger partial charge in [-0.1, -0.05) is 35.3 Å². The predicted octanol–water partition coefficient (Wildman–Crippen LogP) is 5.24. The van der Waals surface area contributed by atoms with Crippen molar-refractivity contribution in [3.05, 3.63) is 52.5 Å². The molecule has 0 radical (unpaired) electrons. The highest BCUT2D eigenvalue weighted by Crippen LogP contribution is 2.33. The van der Waals surface area contributed by atoms with Crippen molar-refractivity contribution in [3.63, 3.8) is 0 Å². The first-order valence-corrected chi connectivity index (χ1v) is 7.47. The van der Waals surface area contributed by atoms with E-state index in [1.807, 2.05) is 30.3 Å². The summed E-state index contributed by atoms with van der Waals surface area (Å²) < 4.78 is 0. The van der Waals surface area contributed by atoms with Crippen LogP contribution in [0.3, 0.4) is 0 Å². The molecule has 2 aromatic rings. The summed E-state index contributed by atoms with van der Waals surface area (Å²) in [6.45, 7) is 0. The molecule has 0 aromatic heterocycles. The van der Waals surface area contributed by atoms with E-state index in [0.717, 1.165) is 23.0 Å². The number of hydrogen-bond acceptors (Lipinski definition) is 3. The predicted molar refractivity (Wildman–Crippen MR) is 84.3 cm³/mol. The first-order valence-electron chi connectivity index (χ1n) is 5.73. The van der Waals surface area contributed by atoms with Crippen LogP contribution in [0.15, 0.2) is 52.4 Å². The molecule has 0 atom stereocenters. The number of para-hydroxylation sites is 1. The molecule has 2 aromatic carbocycles. The zero-order valence-electron chi connectivity index (χ0n) is 9.86. The molecule has 96 valence electrons. The number of hydrogen-bond donors (Lipinski definition) is 1. The van der Waals surface area contributed by atoms with Crippen LogP contribution in [-0.2, 0) is 0 Å². The summed E-state index contributed by atoms with van der Waals surface area (Å²) in [7, 11) is 0. The van der Waals surface area contributed by atoms with Gasteiger partial charge in [0.05, 0.1) is 11.4 Å². The second-order valence-corrected chi connectivity index (χ2v) is 5.99. The van der Waals surface area contributed by atoms with Crippen molar-refractivity contribution in [2.45, 2.75) is 4.90 Å². The highest BCUT2D eigenvalue weighted by atomic mass is 35.5. The SMILES string of the molecule is Clc1cc(Cl)cc(NC2=Nc3ccccc3SC2)c1. The lowest BCUT2D eigenvalue weighted by atomic mass is 10.3. The fourth-order valence-corrected chi connectivity index (χ4v) is 3.24. The van der Waals surface area contributed by atoms with Crippen molar-refractivity contribution >= 4 is 52.2 Å². The number of amidine groups is 1. The summed E-state index contributed by atoms with van der Waals surface area (Å²) in [6.07, 6.45) is 0. The van der Waals surface area contributed by atoms with Crippen LogP contribution >= 0.6 is 35.0 Å². The van der Waals surface area contributed by atoms with Gasteiger partial charge in [0, 0.05) is 20.6 Å². The Labute approximate surface area is 125 Å². The molecule has 3 rings (SSSR count). The fraction of sp³-hybridized carbons (Fsp3) is 0.0714. The highest BCUT2D eigenvalue weighted by molar-refractivity contribution is 8.00. The molecular formula is C14H10Cl2N2S. The molecule has 0 aliphatic carbocycles. The van der Waals surface area contributed by atoms with Crippen molar-refractivity contribution in [1.29, 1.82) is 0 Å². The number of nitrogens with zero attached hydrogens (tertiary/aromatic N) is 1. The Morgan fingerprint density at radius 2 is 1.79 bits per heavy atom. The van der Waals surface area contributed by atoms with Crippen molar-refractivity contribution in [3.8, 4) is 0 Å². The quantitative estimate of drug-likeness (QED) is 0.779. The van der Waals surface area contributed by atoms with Crippen LogP contribution in [0.5, 0.6) is 0 Å². The smallest absolute Gasteiger partial charge is 0.117 e. The molecule has 0 saturated heterocycles. The summed E-state index contributed by atoms with van der Waals surface area (Å²) in [5.41, 5.74) is 1.85.